The maximum absolute atomic E-state index is 11.8. The SMILES string of the molecule is COC1=C([N+](=O)[O-])C(=O)/C(=C/c2ccccc2)N1. The number of methoxy groups -OCH3 is 1. The maximum atomic E-state index is 11.8. The Kier molecular flexibility index (Phi) is 3.09. The number of hydrogen-bond acceptors (Lipinski definition) is 5. The lowest BCUT2D eigenvalue weighted by atomic mass is 10.1. The first kappa shape index (κ1) is 11.8. The highest BCUT2D eigenvalue weighted by Crippen LogP contribution is 2.20. The lowest BCUT2D eigenvalue weighted by molar-refractivity contribution is -0.420. The number of rotatable bonds is 3. The number of ether oxygens (including phenoxy) is 1. The second-order valence-corrected chi connectivity index (χ2v) is 3.56. The molecule has 0 radical (unpaired) electrons. The van der Waals surface area contributed by atoms with Crippen LogP contribution in [0.2, 0.25) is 0 Å². The van der Waals surface area contributed by atoms with Gasteiger partial charge in [0, 0.05) is 0 Å². The van der Waals surface area contributed by atoms with Gasteiger partial charge in [0.1, 0.15) is 0 Å². The molecule has 0 unspecified atom stereocenters. The molecule has 0 bridgehead atoms. The standard InChI is InChI=1S/C12H10N2O4/c1-18-12-10(14(16)17)11(15)9(13-12)7-8-5-3-2-4-6-8/h2-7,13H,1H3/b9-7-. The van der Waals surface area contributed by atoms with E-state index in [1.807, 2.05) is 18.2 Å². The summed E-state index contributed by atoms with van der Waals surface area (Å²) in [6.07, 6.45) is 1.54. The minimum Gasteiger partial charge on any atom is -0.477 e. The van der Waals surface area contributed by atoms with Crippen molar-refractivity contribution in [2.45, 2.75) is 0 Å². The van der Waals surface area contributed by atoms with Gasteiger partial charge in [0.05, 0.1) is 17.7 Å². The number of Topliss-reactive ketones (excluding diaryl/α,β-unsaturated/α-hetero) is 1. The number of carbonyl (C=O) groups is 1. The summed E-state index contributed by atoms with van der Waals surface area (Å²) in [6.45, 7) is 0. The molecule has 0 fully saturated rings. The predicted molar refractivity (Wildman–Crippen MR) is 63.6 cm³/mol. The summed E-state index contributed by atoms with van der Waals surface area (Å²) in [7, 11) is 1.27. The third-order valence-electron chi connectivity index (χ3n) is 2.42. The van der Waals surface area contributed by atoms with E-state index in [-0.39, 0.29) is 11.6 Å². The molecule has 0 amide bonds. The molecule has 0 spiro atoms. The number of nitrogens with one attached hydrogen (secondary N) is 1. The minimum absolute atomic E-state index is 0.129. The first-order chi connectivity index (χ1) is 8.63. The van der Waals surface area contributed by atoms with Gasteiger partial charge < -0.3 is 10.1 Å². The molecule has 6 heteroatoms. The van der Waals surface area contributed by atoms with Gasteiger partial charge in [-0.05, 0) is 11.6 Å². The Bertz CT molecular complexity index is 561. The smallest absolute Gasteiger partial charge is 0.377 e. The van der Waals surface area contributed by atoms with Crippen molar-refractivity contribution in [3.8, 4) is 0 Å². The Balaban J connectivity index is 2.34. The molecule has 1 N–H and O–H groups in total. The van der Waals surface area contributed by atoms with E-state index in [4.69, 9.17) is 4.74 Å². The predicted octanol–water partition coefficient (Wildman–Crippen LogP) is 1.29. The van der Waals surface area contributed by atoms with Gasteiger partial charge in [0.15, 0.2) is 0 Å². The lowest BCUT2D eigenvalue weighted by Crippen LogP contribution is -2.10. The first-order valence-corrected chi connectivity index (χ1v) is 5.14. The van der Waals surface area contributed by atoms with E-state index >= 15 is 0 Å². The van der Waals surface area contributed by atoms with Crippen LogP contribution in [0.25, 0.3) is 6.08 Å². The molecule has 1 aliphatic heterocycles. The van der Waals surface area contributed by atoms with Crippen LogP contribution in [-0.2, 0) is 9.53 Å². The molecular weight excluding hydrogens is 236 g/mol. The van der Waals surface area contributed by atoms with Crippen molar-refractivity contribution in [2.75, 3.05) is 7.11 Å². The summed E-state index contributed by atoms with van der Waals surface area (Å²) in [5.74, 6) is -0.812. The fourth-order valence-corrected chi connectivity index (χ4v) is 1.60. The van der Waals surface area contributed by atoms with E-state index in [9.17, 15) is 14.9 Å². The minimum atomic E-state index is -0.750. The Morgan fingerprint density at radius 2 is 2.00 bits per heavy atom. The zero-order valence-electron chi connectivity index (χ0n) is 9.54. The first-order valence-electron chi connectivity index (χ1n) is 5.14. The Morgan fingerprint density at radius 1 is 1.33 bits per heavy atom. The van der Waals surface area contributed by atoms with E-state index in [0.29, 0.717) is 0 Å². The van der Waals surface area contributed by atoms with Crippen molar-refractivity contribution in [3.63, 3.8) is 0 Å². The van der Waals surface area contributed by atoms with Gasteiger partial charge in [0.2, 0.25) is 0 Å². The van der Waals surface area contributed by atoms with Crippen LogP contribution < -0.4 is 5.32 Å². The maximum Gasteiger partial charge on any atom is 0.377 e. The molecule has 92 valence electrons. The molecule has 1 aromatic carbocycles. The third kappa shape index (κ3) is 2.08. The van der Waals surface area contributed by atoms with Crippen molar-refractivity contribution in [1.29, 1.82) is 0 Å². The van der Waals surface area contributed by atoms with Crippen LogP contribution in [-0.4, -0.2) is 17.8 Å². The Labute approximate surface area is 103 Å². The molecule has 0 aromatic heterocycles. The highest BCUT2D eigenvalue weighted by molar-refractivity contribution is 6.11. The van der Waals surface area contributed by atoms with E-state index in [0.717, 1.165) is 5.56 Å². The van der Waals surface area contributed by atoms with Crippen LogP contribution in [0.3, 0.4) is 0 Å². The Hall–Kier alpha value is -2.63. The van der Waals surface area contributed by atoms with Crippen LogP contribution in [0.5, 0.6) is 0 Å². The number of benzene rings is 1. The molecule has 0 saturated carbocycles. The molecular formula is C12H10N2O4. The molecule has 1 aliphatic rings. The topological polar surface area (TPSA) is 81.5 Å². The average Bonchev–Trinajstić information content (AvgIpc) is 2.67. The quantitative estimate of drug-likeness (QED) is 0.493. The van der Waals surface area contributed by atoms with Crippen molar-refractivity contribution in [2.24, 2.45) is 0 Å². The number of nitrogens with zero attached hydrogens (tertiary/aromatic N) is 1. The molecule has 0 aliphatic carbocycles. The van der Waals surface area contributed by atoms with Gasteiger partial charge in [-0.3, -0.25) is 14.9 Å². The highest BCUT2D eigenvalue weighted by Gasteiger charge is 2.38. The van der Waals surface area contributed by atoms with E-state index in [1.54, 1.807) is 12.1 Å². The fraction of sp³-hybridized carbons (Fsp3) is 0.0833. The monoisotopic (exact) mass is 246 g/mol. The summed E-state index contributed by atoms with van der Waals surface area (Å²) in [5, 5.41) is 13.4. The summed E-state index contributed by atoms with van der Waals surface area (Å²) < 4.78 is 4.79. The van der Waals surface area contributed by atoms with Crippen LogP contribution >= 0.6 is 0 Å². The molecule has 1 heterocycles. The van der Waals surface area contributed by atoms with Crippen LogP contribution in [0.4, 0.5) is 0 Å². The summed E-state index contributed by atoms with van der Waals surface area (Å²) in [4.78, 5) is 21.8. The van der Waals surface area contributed by atoms with Crippen molar-refractivity contribution in [3.05, 3.63) is 63.3 Å². The number of carbonyl (C=O) groups excluding carboxylic acids is 1. The van der Waals surface area contributed by atoms with Crippen molar-refractivity contribution in [1.82, 2.24) is 5.32 Å². The summed E-state index contributed by atoms with van der Waals surface area (Å²) >= 11 is 0. The summed E-state index contributed by atoms with van der Waals surface area (Å²) in [5.41, 5.74) is 0.331. The largest absolute Gasteiger partial charge is 0.477 e. The number of ketones is 1. The van der Waals surface area contributed by atoms with Gasteiger partial charge in [-0.1, -0.05) is 30.3 Å². The molecule has 6 nitrogen and oxygen atoms in total. The van der Waals surface area contributed by atoms with Gasteiger partial charge in [-0.15, -0.1) is 0 Å². The normalized spacial score (nSPS) is 16.9. The van der Waals surface area contributed by atoms with E-state index in [1.165, 1.54) is 13.2 Å². The fourth-order valence-electron chi connectivity index (χ4n) is 1.60. The zero-order chi connectivity index (χ0) is 13.1. The van der Waals surface area contributed by atoms with Gasteiger partial charge in [-0.2, -0.15) is 0 Å². The second-order valence-electron chi connectivity index (χ2n) is 3.56. The van der Waals surface area contributed by atoms with Gasteiger partial charge in [-0.25, -0.2) is 0 Å². The zero-order valence-corrected chi connectivity index (χ0v) is 9.54. The molecule has 0 atom stereocenters. The van der Waals surface area contributed by atoms with Crippen molar-refractivity contribution >= 4 is 11.9 Å². The van der Waals surface area contributed by atoms with Crippen molar-refractivity contribution < 1.29 is 14.5 Å². The average molecular weight is 246 g/mol. The van der Waals surface area contributed by atoms with Gasteiger partial charge >= 0.3 is 5.70 Å². The number of hydrogen-bond donors (Lipinski definition) is 1. The van der Waals surface area contributed by atoms with Crippen LogP contribution in [0, 0.1) is 10.1 Å². The molecule has 0 saturated heterocycles. The Morgan fingerprint density at radius 3 is 2.50 bits per heavy atom. The highest BCUT2D eigenvalue weighted by atomic mass is 16.6. The molecule has 2 rings (SSSR count). The summed E-state index contributed by atoms with van der Waals surface area (Å²) in [6, 6.07) is 9.04. The lowest BCUT2D eigenvalue weighted by Gasteiger charge is -2.00. The van der Waals surface area contributed by atoms with E-state index < -0.39 is 16.4 Å². The van der Waals surface area contributed by atoms with Crippen LogP contribution in [0.1, 0.15) is 5.56 Å². The van der Waals surface area contributed by atoms with Crippen LogP contribution in [0.15, 0.2) is 47.6 Å². The second kappa shape index (κ2) is 4.70. The number of nitro groups is 1. The van der Waals surface area contributed by atoms with Gasteiger partial charge in [0.25, 0.3) is 11.7 Å². The van der Waals surface area contributed by atoms with E-state index in [2.05, 4.69) is 5.32 Å². The molecule has 1 aromatic rings. The molecule has 18 heavy (non-hydrogen) atoms. The third-order valence-corrected chi connectivity index (χ3v) is 2.42.